The highest BCUT2D eigenvalue weighted by atomic mass is 15.1. The molecule has 0 aromatic carbocycles. The quantitative estimate of drug-likeness (QED) is 0.0471. The monoisotopic (exact) mass is 714 g/mol. The van der Waals surface area contributed by atoms with Gasteiger partial charge in [0.15, 0.2) is 0 Å². The number of aryl methyl sites for hydroxylation is 2. The van der Waals surface area contributed by atoms with E-state index in [9.17, 15) is 0 Å². The van der Waals surface area contributed by atoms with Crippen molar-refractivity contribution in [1.29, 1.82) is 0 Å². The van der Waals surface area contributed by atoms with Crippen molar-refractivity contribution in [2.24, 2.45) is 0 Å². The predicted octanol–water partition coefficient (Wildman–Crippen LogP) is 17.0. The highest BCUT2D eigenvalue weighted by molar-refractivity contribution is 4.84. The lowest BCUT2D eigenvalue weighted by atomic mass is 10.0. The van der Waals surface area contributed by atoms with Gasteiger partial charge in [-0.05, 0) is 32.1 Å². The summed E-state index contributed by atoms with van der Waals surface area (Å²) in [5.74, 6) is 1.63. The van der Waals surface area contributed by atoms with Crippen LogP contribution in [0.15, 0.2) is 12.4 Å². The van der Waals surface area contributed by atoms with Crippen LogP contribution in [0.1, 0.15) is 283 Å². The molecule has 2 nitrogen and oxygen atoms in total. The van der Waals surface area contributed by atoms with Crippen molar-refractivity contribution in [3.63, 3.8) is 0 Å². The molecule has 0 aliphatic carbocycles. The molecule has 0 spiro atoms. The maximum atomic E-state index is 2.65. The summed E-state index contributed by atoms with van der Waals surface area (Å²) >= 11 is 0. The topological polar surface area (TPSA) is 8.81 Å². The summed E-state index contributed by atoms with van der Waals surface area (Å²) in [6.07, 6.45) is 63.8. The molecule has 0 N–H and O–H groups in total. The second-order valence-corrected chi connectivity index (χ2v) is 16.9. The standard InChI is InChI=1S/C49H97N2/c1-4-7-10-13-16-19-22-24-25-26-27-28-30-32-35-38-41-44-49-50(45-42-39-36-33-21-18-15-12-9-6-3)47-48-51(49)46-43-40-37-34-31-29-23-20-17-14-11-8-5-2/h47-48H,4-46H2,1-3H3/q+1. The average Bonchev–Trinajstić information content (AvgIpc) is 3.53. The molecular weight excluding hydrogens is 617 g/mol. The molecular formula is C49H97N2+. The van der Waals surface area contributed by atoms with Crippen molar-refractivity contribution >= 4 is 0 Å². The van der Waals surface area contributed by atoms with Crippen molar-refractivity contribution in [2.45, 2.75) is 297 Å². The molecule has 0 saturated carbocycles. The molecule has 0 aliphatic rings. The zero-order chi connectivity index (χ0) is 36.6. The SMILES string of the molecule is CCCCCCCCCCCCCCCCCCCc1n(CCCCCCCCCCCCCCC)cc[n+]1CCCCCCCCCCCC. The third-order valence-corrected chi connectivity index (χ3v) is 11.8. The second-order valence-electron chi connectivity index (χ2n) is 16.9. The lowest BCUT2D eigenvalue weighted by molar-refractivity contribution is -0.704. The second kappa shape index (κ2) is 40.4. The van der Waals surface area contributed by atoms with Gasteiger partial charge >= 0.3 is 0 Å². The zero-order valence-corrected chi connectivity index (χ0v) is 36.0. The number of aromatic nitrogens is 2. The summed E-state index contributed by atoms with van der Waals surface area (Å²) in [5, 5.41) is 0. The molecule has 51 heavy (non-hydrogen) atoms. The van der Waals surface area contributed by atoms with E-state index in [1.807, 2.05) is 0 Å². The van der Waals surface area contributed by atoms with Gasteiger partial charge in [-0.2, -0.15) is 0 Å². The summed E-state index contributed by atoms with van der Waals surface area (Å²) in [6, 6.07) is 0. The van der Waals surface area contributed by atoms with Gasteiger partial charge in [-0.15, -0.1) is 0 Å². The van der Waals surface area contributed by atoms with Gasteiger partial charge in [0.25, 0.3) is 5.82 Å². The molecule has 0 amide bonds. The molecule has 0 unspecified atom stereocenters. The third-order valence-electron chi connectivity index (χ3n) is 11.8. The molecule has 1 heterocycles. The van der Waals surface area contributed by atoms with Gasteiger partial charge in [-0.3, -0.25) is 0 Å². The van der Waals surface area contributed by atoms with Gasteiger partial charge in [0, 0.05) is 6.42 Å². The number of rotatable bonds is 43. The summed E-state index contributed by atoms with van der Waals surface area (Å²) in [4.78, 5) is 0. The molecule has 1 aromatic heterocycles. The Morgan fingerprint density at radius 2 is 0.608 bits per heavy atom. The number of hydrogen-bond acceptors (Lipinski definition) is 0. The van der Waals surface area contributed by atoms with E-state index in [-0.39, 0.29) is 0 Å². The fourth-order valence-electron chi connectivity index (χ4n) is 8.27. The Labute approximate surface area is 323 Å². The van der Waals surface area contributed by atoms with E-state index in [0.717, 1.165) is 0 Å². The molecule has 0 aliphatic heterocycles. The van der Waals surface area contributed by atoms with Gasteiger partial charge in [-0.1, -0.05) is 245 Å². The van der Waals surface area contributed by atoms with Crippen LogP contribution in [0.5, 0.6) is 0 Å². The summed E-state index contributed by atoms with van der Waals surface area (Å²) in [6.45, 7) is 9.41. The van der Waals surface area contributed by atoms with E-state index in [2.05, 4.69) is 42.3 Å². The minimum absolute atomic E-state index is 1.23. The summed E-state index contributed by atoms with van der Waals surface area (Å²) in [7, 11) is 0. The highest BCUT2D eigenvalue weighted by Crippen LogP contribution is 2.17. The van der Waals surface area contributed by atoms with E-state index in [1.54, 1.807) is 5.82 Å². The zero-order valence-electron chi connectivity index (χ0n) is 36.0. The molecule has 1 rings (SSSR count). The minimum Gasteiger partial charge on any atom is -0.234 e. The van der Waals surface area contributed by atoms with Crippen LogP contribution in [0.2, 0.25) is 0 Å². The fraction of sp³-hybridized carbons (Fsp3) is 0.939. The Morgan fingerprint density at radius 1 is 0.333 bits per heavy atom. The smallest absolute Gasteiger partial charge is 0.234 e. The van der Waals surface area contributed by atoms with Crippen molar-refractivity contribution in [3.8, 4) is 0 Å². The number of imidazole rings is 1. The Balaban J connectivity index is 2.24. The van der Waals surface area contributed by atoms with Crippen LogP contribution in [0, 0.1) is 0 Å². The van der Waals surface area contributed by atoms with E-state index >= 15 is 0 Å². The van der Waals surface area contributed by atoms with Crippen LogP contribution in [-0.2, 0) is 19.5 Å². The van der Waals surface area contributed by atoms with Crippen LogP contribution in [0.3, 0.4) is 0 Å². The van der Waals surface area contributed by atoms with Gasteiger partial charge in [-0.25, -0.2) is 9.13 Å². The normalized spacial score (nSPS) is 11.7. The first kappa shape index (κ1) is 48.2. The van der Waals surface area contributed by atoms with E-state index in [4.69, 9.17) is 0 Å². The van der Waals surface area contributed by atoms with Crippen molar-refractivity contribution in [2.75, 3.05) is 0 Å². The molecule has 1 aromatic rings. The minimum atomic E-state index is 1.23. The first-order valence-electron chi connectivity index (χ1n) is 24.4. The number of unbranched alkanes of at least 4 members (excludes halogenated alkanes) is 37. The predicted molar refractivity (Wildman–Crippen MR) is 230 cm³/mol. The largest absolute Gasteiger partial charge is 0.256 e. The Bertz CT molecular complexity index is 781. The molecule has 0 atom stereocenters. The maximum absolute atomic E-state index is 2.65. The Morgan fingerprint density at radius 3 is 0.941 bits per heavy atom. The number of nitrogens with zero attached hydrogens (tertiary/aromatic N) is 2. The number of hydrogen-bond donors (Lipinski definition) is 0. The van der Waals surface area contributed by atoms with Gasteiger partial charge in [0.05, 0.1) is 13.1 Å². The molecule has 0 saturated heterocycles. The van der Waals surface area contributed by atoms with Crippen molar-refractivity contribution in [3.05, 3.63) is 18.2 Å². The van der Waals surface area contributed by atoms with Crippen LogP contribution in [-0.4, -0.2) is 4.57 Å². The van der Waals surface area contributed by atoms with Crippen LogP contribution in [0.25, 0.3) is 0 Å². The first-order chi connectivity index (χ1) is 25.3. The van der Waals surface area contributed by atoms with Crippen molar-refractivity contribution < 1.29 is 4.57 Å². The Kier molecular flexibility index (Phi) is 38.2. The molecule has 2 heteroatoms. The molecule has 0 bridgehead atoms. The van der Waals surface area contributed by atoms with Crippen LogP contribution >= 0.6 is 0 Å². The first-order valence-corrected chi connectivity index (χ1v) is 24.4. The van der Waals surface area contributed by atoms with Crippen molar-refractivity contribution in [1.82, 2.24) is 4.57 Å². The molecule has 302 valence electrons. The third kappa shape index (κ3) is 32.4. The lowest BCUT2D eigenvalue weighted by Crippen LogP contribution is -2.37. The lowest BCUT2D eigenvalue weighted by Gasteiger charge is -2.07. The average molecular weight is 714 g/mol. The summed E-state index contributed by atoms with van der Waals surface area (Å²) in [5.41, 5.74) is 0. The van der Waals surface area contributed by atoms with Gasteiger partial charge in [0.1, 0.15) is 12.4 Å². The summed E-state index contributed by atoms with van der Waals surface area (Å²) < 4.78 is 5.31. The van der Waals surface area contributed by atoms with Crippen LogP contribution < -0.4 is 4.57 Å². The van der Waals surface area contributed by atoms with E-state index in [1.165, 1.54) is 276 Å². The Hall–Kier alpha value is -0.790. The van der Waals surface area contributed by atoms with Crippen LogP contribution in [0.4, 0.5) is 0 Å². The van der Waals surface area contributed by atoms with Gasteiger partial charge < -0.3 is 0 Å². The molecule has 0 radical (unpaired) electrons. The highest BCUT2D eigenvalue weighted by Gasteiger charge is 2.16. The maximum Gasteiger partial charge on any atom is 0.256 e. The van der Waals surface area contributed by atoms with E-state index in [0.29, 0.717) is 0 Å². The molecule has 0 fully saturated rings. The van der Waals surface area contributed by atoms with Gasteiger partial charge in [0.2, 0.25) is 0 Å². The fourth-order valence-corrected chi connectivity index (χ4v) is 8.27. The van der Waals surface area contributed by atoms with E-state index < -0.39 is 0 Å².